The molecule has 2 aromatic carbocycles. The molecule has 4 aromatic rings. The zero-order valence-electron chi connectivity index (χ0n) is 17.9. The number of aromatic amines is 1. The van der Waals surface area contributed by atoms with E-state index >= 15 is 0 Å². The first-order valence-electron chi connectivity index (χ1n) is 9.84. The summed E-state index contributed by atoms with van der Waals surface area (Å²) in [6, 6.07) is 14.9. The van der Waals surface area contributed by atoms with E-state index in [-0.39, 0.29) is 5.91 Å². The van der Waals surface area contributed by atoms with Crippen LogP contribution in [0.2, 0.25) is 0 Å². The van der Waals surface area contributed by atoms with Crippen molar-refractivity contribution < 1.29 is 19.0 Å². The summed E-state index contributed by atoms with van der Waals surface area (Å²) in [4.78, 5) is 12.7. The number of ether oxygens (including phenoxy) is 3. The van der Waals surface area contributed by atoms with Crippen LogP contribution in [0.1, 0.15) is 17.3 Å². The van der Waals surface area contributed by atoms with Gasteiger partial charge in [-0.05, 0) is 43.3 Å². The van der Waals surface area contributed by atoms with E-state index in [1.54, 1.807) is 32.4 Å². The summed E-state index contributed by atoms with van der Waals surface area (Å²) in [6.07, 6.45) is 0. The van der Waals surface area contributed by atoms with E-state index in [2.05, 4.69) is 33.1 Å². The molecular weight excluding hydrogens is 396 g/mol. The van der Waals surface area contributed by atoms with Gasteiger partial charge >= 0.3 is 0 Å². The van der Waals surface area contributed by atoms with Gasteiger partial charge in [0.1, 0.15) is 5.75 Å². The van der Waals surface area contributed by atoms with Gasteiger partial charge in [-0.2, -0.15) is 5.10 Å². The normalized spacial score (nSPS) is 10.8. The summed E-state index contributed by atoms with van der Waals surface area (Å²) in [6.45, 7) is 2.86. The Morgan fingerprint density at radius 1 is 1.00 bits per heavy atom. The summed E-state index contributed by atoms with van der Waals surface area (Å²) in [5.41, 5.74) is 3.30. The number of nitrogens with zero attached hydrogens (tertiary/aromatic N) is 2. The summed E-state index contributed by atoms with van der Waals surface area (Å²) in [5.74, 6) is 1.99. The predicted molar refractivity (Wildman–Crippen MR) is 119 cm³/mol. The molecule has 31 heavy (non-hydrogen) atoms. The third-order valence-corrected chi connectivity index (χ3v) is 5.17. The maximum absolute atomic E-state index is 12.7. The fourth-order valence-electron chi connectivity index (χ4n) is 3.61. The molecule has 0 aliphatic rings. The van der Waals surface area contributed by atoms with Crippen LogP contribution in [0.15, 0.2) is 48.5 Å². The first kappa shape index (κ1) is 20.3. The molecule has 160 valence electrons. The standard InChI is InChI=1S/C23H24N4O4/c1-5-27-18-12-16(29-2)8-6-14(18)10-19(27)17-13-22(26-25-17)24-23(28)15-7-9-20(30-3)21(11-15)31-4/h6-13H,5H2,1-4H3,(H2,24,25,26,28). The van der Waals surface area contributed by atoms with Crippen molar-refractivity contribution >= 4 is 22.6 Å². The lowest BCUT2D eigenvalue weighted by atomic mass is 10.2. The van der Waals surface area contributed by atoms with Crippen molar-refractivity contribution in [3.63, 3.8) is 0 Å². The molecule has 1 amide bonds. The van der Waals surface area contributed by atoms with Crippen LogP contribution in [-0.2, 0) is 6.54 Å². The number of fused-ring (bicyclic) bond motifs is 1. The highest BCUT2D eigenvalue weighted by Gasteiger charge is 2.15. The molecule has 0 aliphatic heterocycles. The van der Waals surface area contributed by atoms with Gasteiger partial charge in [0.25, 0.3) is 5.91 Å². The third-order valence-electron chi connectivity index (χ3n) is 5.17. The molecule has 4 rings (SSSR count). The van der Waals surface area contributed by atoms with E-state index in [4.69, 9.17) is 14.2 Å². The molecule has 0 atom stereocenters. The van der Waals surface area contributed by atoms with Crippen molar-refractivity contribution in [2.24, 2.45) is 0 Å². The van der Waals surface area contributed by atoms with Crippen LogP contribution in [0.3, 0.4) is 0 Å². The van der Waals surface area contributed by atoms with Crippen LogP contribution in [-0.4, -0.2) is 42.0 Å². The highest BCUT2D eigenvalue weighted by Crippen LogP contribution is 2.31. The number of methoxy groups -OCH3 is 3. The van der Waals surface area contributed by atoms with Crippen molar-refractivity contribution in [3.05, 3.63) is 54.1 Å². The predicted octanol–water partition coefficient (Wildman–Crippen LogP) is 4.33. The molecule has 0 spiro atoms. The lowest BCUT2D eigenvalue weighted by Gasteiger charge is -2.09. The van der Waals surface area contributed by atoms with Crippen LogP contribution in [0.5, 0.6) is 17.2 Å². The maximum Gasteiger partial charge on any atom is 0.257 e. The molecule has 0 aliphatic carbocycles. The lowest BCUT2D eigenvalue weighted by molar-refractivity contribution is 0.102. The number of amides is 1. The number of aromatic nitrogens is 3. The van der Waals surface area contributed by atoms with Crippen molar-refractivity contribution in [1.29, 1.82) is 0 Å². The number of carbonyl (C=O) groups excluding carboxylic acids is 1. The second-order valence-electron chi connectivity index (χ2n) is 6.89. The highest BCUT2D eigenvalue weighted by atomic mass is 16.5. The molecule has 0 fully saturated rings. The van der Waals surface area contributed by atoms with E-state index in [0.717, 1.165) is 34.6 Å². The third kappa shape index (κ3) is 3.79. The van der Waals surface area contributed by atoms with Gasteiger partial charge in [-0.3, -0.25) is 9.89 Å². The Bertz CT molecular complexity index is 1240. The SMILES string of the molecule is CCn1c(-c2cc(NC(=O)c3ccc(OC)c(OC)c3)n[nH]2)cc2ccc(OC)cc21. The summed E-state index contributed by atoms with van der Waals surface area (Å²) >= 11 is 0. The first-order valence-corrected chi connectivity index (χ1v) is 9.84. The molecule has 2 aromatic heterocycles. The number of hydrogen-bond acceptors (Lipinski definition) is 5. The summed E-state index contributed by atoms with van der Waals surface area (Å²) in [7, 11) is 4.74. The van der Waals surface area contributed by atoms with Crippen LogP contribution >= 0.6 is 0 Å². The van der Waals surface area contributed by atoms with Crippen LogP contribution in [0, 0.1) is 0 Å². The van der Waals surface area contributed by atoms with Gasteiger partial charge in [0, 0.05) is 29.6 Å². The van der Waals surface area contributed by atoms with Crippen LogP contribution in [0.4, 0.5) is 5.82 Å². The van der Waals surface area contributed by atoms with Crippen molar-refractivity contribution in [1.82, 2.24) is 14.8 Å². The number of rotatable bonds is 7. The average molecular weight is 420 g/mol. The van der Waals surface area contributed by atoms with Gasteiger partial charge < -0.3 is 24.1 Å². The Labute approximate surface area is 179 Å². The fourth-order valence-corrected chi connectivity index (χ4v) is 3.61. The van der Waals surface area contributed by atoms with E-state index in [9.17, 15) is 4.79 Å². The average Bonchev–Trinajstić information content (AvgIpc) is 3.41. The molecule has 8 heteroatoms. The molecular formula is C23H24N4O4. The number of aryl methyl sites for hydroxylation is 1. The number of hydrogen-bond donors (Lipinski definition) is 2. The topological polar surface area (TPSA) is 90.4 Å². The van der Waals surface area contributed by atoms with Gasteiger partial charge in [0.15, 0.2) is 17.3 Å². The molecule has 0 unspecified atom stereocenters. The largest absolute Gasteiger partial charge is 0.497 e. The Hall–Kier alpha value is -3.94. The van der Waals surface area contributed by atoms with E-state index in [1.165, 1.54) is 7.11 Å². The zero-order valence-corrected chi connectivity index (χ0v) is 17.9. The van der Waals surface area contributed by atoms with Crippen molar-refractivity contribution in [2.75, 3.05) is 26.6 Å². The summed E-state index contributed by atoms with van der Waals surface area (Å²) in [5, 5.41) is 11.2. The second kappa shape index (κ2) is 8.43. The van der Waals surface area contributed by atoms with Gasteiger partial charge in [-0.1, -0.05) is 0 Å². The smallest absolute Gasteiger partial charge is 0.257 e. The van der Waals surface area contributed by atoms with Gasteiger partial charge in [0.2, 0.25) is 0 Å². The minimum Gasteiger partial charge on any atom is -0.497 e. The Morgan fingerprint density at radius 2 is 1.81 bits per heavy atom. The molecule has 0 radical (unpaired) electrons. The molecule has 0 saturated heterocycles. The van der Waals surface area contributed by atoms with Crippen LogP contribution in [0.25, 0.3) is 22.3 Å². The van der Waals surface area contributed by atoms with E-state index in [0.29, 0.717) is 22.9 Å². The Kier molecular flexibility index (Phi) is 5.53. The second-order valence-corrected chi connectivity index (χ2v) is 6.89. The van der Waals surface area contributed by atoms with Crippen molar-refractivity contribution in [2.45, 2.75) is 13.5 Å². The van der Waals surface area contributed by atoms with E-state index < -0.39 is 0 Å². The Balaban J connectivity index is 1.61. The first-order chi connectivity index (χ1) is 15.1. The van der Waals surface area contributed by atoms with Gasteiger partial charge in [0.05, 0.1) is 38.2 Å². The molecule has 0 saturated carbocycles. The zero-order chi connectivity index (χ0) is 22.0. The lowest BCUT2D eigenvalue weighted by Crippen LogP contribution is -2.12. The highest BCUT2D eigenvalue weighted by molar-refractivity contribution is 6.04. The minimum absolute atomic E-state index is 0.292. The van der Waals surface area contributed by atoms with Gasteiger partial charge in [-0.25, -0.2) is 0 Å². The van der Waals surface area contributed by atoms with Gasteiger partial charge in [-0.15, -0.1) is 0 Å². The summed E-state index contributed by atoms with van der Waals surface area (Å²) < 4.78 is 18.0. The Morgan fingerprint density at radius 3 is 2.52 bits per heavy atom. The number of nitrogens with one attached hydrogen (secondary N) is 2. The molecule has 2 N–H and O–H groups in total. The van der Waals surface area contributed by atoms with E-state index in [1.807, 2.05) is 24.3 Å². The number of benzene rings is 2. The van der Waals surface area contributed by atoms with Crippen molar-refractivity contribution in [3.8, 4) is 28.6 Å². The minimum atomic E-state index is -0.292. The molecule has 8 nitrogen and oxygen atoms in total. The quantitative estimate of drug-likeness (QED) is 0.464. The number of anilines is 1. The maximum atomic E-state index is 12.7. The molecule has 2 heterocycles. The van der Waals surface area contributed by atoms with Crippen LogP contribution < -0.4 is 19.5 Å². The number of H-pyrrole nitrogens is 1. The number of carbonyl (C=O) groups is 1. The monoisotopic (exact) mass is 420 g/mol. The fraction of sp³-hybridized carbons (Fsp3) is 0.217. The molecule has 0 bridgehead atoms.